The number of ether oxygens (including phenoxy) is 1. The predicted molar refractivity (Wildman–Crippen MR) is 55.7 cm³/mol. The van der Waals surface area contributed by atoms with Gasteiger partial charge in [0.2, 0.25) is 0 Å². The van der Waals surface area contributed by atoms with E-state index in [9.17, 15) is 0 Å². The van der Waals surface area contributed by atoms with Gasteiger partial charge >= 0.3 is 0 Å². The third kappa shape index (κ3) is 3.59. The zero-order chi connectivity index (χ0) is 10.2. The van der Waals surface area contributed by atoms with Crippen molar-refractivity contribution in [1.82, 2.24) is 0 Å². The Bertz CT molecular complexity index is 314. The van der Waals surface area contributed by atoms with E-state index in [1.54, 1.807) is 6.07 Å². The van der Waals surface area contributed by atoms with Gasteiger partial charge in [0.25, 0.3) is 0 Å². The van der Waals surface area contributed by atoms with Gasteiger partial charge in [0.1, 0.15) is 0 Å². The lowest BCUT2D eigenvalue weighted by atomic mass is 10.1. The molecule has 0 saturated carbocycles. The Hall–Kier alpha value is -1.33. The molecule has 14 heavy (non-hydrogen) atoms. The monoisotopic (exact) mass is 189 g/mol. The number of unbranched alkanes of at least 4 members (excludes halogenated alkanes) is 1. The fraction of sp³-hybridized carbons (Fsp3) is 0.417. The lowest BCUT2D eigenvalue weighted by molar-refractivity contribution is 0.118. The maximum absolute atomic E-state index is 8.68. The summed E-state index contributed by atoms with van der Waals surface area (Å²) in [6, 6.07) is 9.65. The van der Waals surface area contributed by atoms with E-state index < -0.39 is 0 Å². The summed E-state index contributed by atoms with van der Waals surface area (Å²) in [5.41, 5.74) is 1.77. The van der Waals surface area contributed by atoms with Crippen LogP contribution in [0.15, 0.2) is 24.3 Å². The minimum atomic E-state index is 0.607. The average molecular weight is 189 g/mol. The zero-order valence-corrected chi connectivity index (χ0v) is 8.49. The fourth-order valence-corrected chi connectivity index (χ4v) is 1.17. The molecule has 0 aliphatic heterocycles. The van der Waals surface area contributed by atoms with E-state index in [2.05, 4.69) is 13.0 Å². The first-order valence-electron chi connectivity index (χ1n) is 4.93. The lowest BCUT2D eigenvalue weighted by Gasteiger charge is -2.03. The van der Waals surface area contributed by atoms with Crippen LogP contribution in [0.2, 0.25) is 0 Å². The number of nitriles is 1. The molecule has 0 amide bonds. The van der Waals surface area contributed by atoms with E-state index in [-0.39, 0.29) is 0 Å². The second-order valence-electron chi connectivity index (χ2n) is 3.22. The maximum atomic E-state index is 8.68. The van der Waals surface area contributed by atoms with E-state index in [1.807, 2.05) is 18.2 Å². The van der Waals surface area contributed by atoms with Crippen LogP contribution in [0.1, 0.15) is 30.9 Å². The molecule has 2 nitrogen and oxygen atoms in total. The highest BCUT2D eigenvalue weighted by Crippen LogP contribution is 2.05. The summed E-state index contributed by atoms with van der Waals surface area (Å²) in [4.78, 5) is 0. The van der Waals surface area contributed by atoms with Crippen LogP contribution in [-0.2, 0) is 11.3 Å². The van der Waals surface area contributed by atoms with Crippen LogP contribution in [-0.4, -0.2) is 6.61 Å². The summed E-state index contributed by atoms with van der Waals surface area (Å²) in [6.45, 7) is 3.54. The Morgan fingerprint density at radius 3 is 3.00 bits per heavy atom. The molecule has 2 heteroatoms. The molecule has 1 aromatic rings. The molecule has 74 valence electrons. The molecule has 0 aliphatic rings. The molecular formula is C12H15NO. The van der Waals surface area contributed by atoms with Crippen molar-refractivity contribution in [2.45, 2.75) is 26.4 Å². The highest BCUT2D eigenvalue weighted by atomic mass is 16.5. The fourth-order valence-electron chi connectivity index (χ4n) is 1.17. The van der Waals surface area contributed by atoms with Gasteiger partial charge in [-0.15, -0.1) is 0 Å². The Morgan fingerprint density at radius 2 is 2.29 bits per heavy atom. The molecule has 0 heterocycles. The molecule has 0 saturated heterocycles. The molecule has 0 fully saturated rings. The van der Waals surface area contributed by atoms with Crippen LogP contribution < -0.4 is 0 Å². The van der Waals surface area contributed by atoms with Crippen molar-refractivity contribution in [1.29, 1.82) is 5.26 Å². The molecule has 1 rings (SSSR count). The van der Waals surface area contributed by atoms with Crippen molar-refractivity contribution in [3.63, 3.8) is 0 Å². The standard InChI is InChI=1S/C12H15NO/c1-2-3-7-14-10-12-6-4-5-11(8-12)9-13/h4-6,8H,2-3,7,10H2,1H3. The van der Waals surface area contributed by atoms with Gasteiger partial charge < -0.3 is 4.74 Å². The summed E-state index contributed by atoms with van der Waals surface area (Å²) in [5.74, 6) is 0. The third-order valence-electron chi connectivity index (χ3n) is 1.97. The van der Waals surface area contributed by atoms with Crippen molar-refractivity contribution in [3.05, 3.63) is 35.4 Å². The van der Waals surface area contributed by atoms with Gasteiger partial charge in [-0.3, -0.25) is 0 Å². The first-order valence-corrected chi connectivity index (χ1v) is 4.93. The summed E-state index contributed by atoms with van der Waals surface area (Å²) in [7, 11) is 0. The summed E-state index contributed by atoms with van der Waals surface area (Å²) in [5, 5.41) is 8.68. The molecular weight excluding hydrogens is 174 g/mol. The van der Waals surface area contributed by atoms with Gasteiger partial charge in [0, 0.05) is 6.61 Å². The third-order valence-corrected chi connectivity index (χ3v) is 1.97. The minimum Gasteiger partial charge on any atom is -0.377 e. The average Bonchev–Trinajstić information content (AvgIpc) is 2.25. The topological polar surface area (TPSA) is 33.0 Å². The molecule has 0 aliphatic carbocycles. The van der Waals surface area contributed by atoms with Crippen LogP contribution in [0.4, 0.5) is 0 Å². The lowest BCUT2D eigenvalue weighted by Crippen LogP contribution is -1.95. The molecule has 0 unspecified atom stereocenters. The van der Waals surface area contributed by atoms with Crippen molar-refractivity contribution in [2.24, 2.45) is 0 Å². The van der Waals surface area contributed by atoms with E-state index in [4.69, 9.17) is 10.00 Å². The van der Waals surface area contributed by atoms with Crippen LogP contribution in [0, 0.1) is 11.3 Å². The first-order chi connectivity index (χ1) is 6.86. The normalized spacial score (nSPS) is 9.71. The predicted octanol–water partition coefficient (Wildman–Crippen LogP) is 2.87. The summed E-state index contributed by atoms with van der Waals surface area (Å²) in [6.07, 6.45) is 2.25. The first kappa shape index (κ1) is 10.7. The van der Waals surface area contributed by atoms with Gasteiger partial charge in [-0.05, 0) is 24.1 Å². The zero-order valence-electron chi connectivity index (χ0n) is 8.49. The number of nitrogens with zero attached hydrogens (tertiary/aromatic N) is 1. The Morgan fingerprint density at radius 1 is 1.43 bits per heavy atom. The highest BCUT2D eigenvalue weighted by molar-refractivity contribution is 5.32. The van der Waals surface area contributed by atoms with E-state index in [1.165, 1.54) is 0 Å². The number of hydrogen-bond acceptors (Lipinski definition) is 2. The van der Waals surface area contributed by atoms with Crippen LogP contribution in [0.3, 0.4) is 0 Å². The van der Waals surface area contributed by atoms with Crippen molar-refractivity contribution in [2.75, 3.05) is 6.61 Å². The minimum absolute atomic E-state index is 0.607. The molecule has 0 aromatic heterocycles. The van der Waals surface area contributed by atoms with Gasteiger partial charge in [0.05, 0.1) is 18.2 Å². The number of hydrogen-bond donors (Lipinski definition) is 0. The van der Waals surface area contributed by atoms with Crippen LogP contribution >= 0.6 is 0 Å². The maximum Gasteiger partial charge on any atom is 0.0991 e. The van der Waals surface area contributed by atoms with Gasteiger partial charge in [-0.2, -0.15) is 5.26 Å². The quantitative estimate of drug-likeness (QED) is 0.667. The molecule has 0 radical (unpaired) electrons. The van der Waals surface area contributed by atoms with E-state index >= 15 is 0 Å². The smallest absolute Gasteiger partial charge is 0.0991 e. The largest absolute Gasteiger partial charge is 0.377 e. The highest BCUT2D eigenvalue weighted by Gasteiger charge is 1.94. The van der Waals surface area contributed by atoms with Gasteiger partial charge in [-0.1, -0.05) is 25.5 Å². The molecule has 0 atom stereocenters. The molecule has 0 N–H and O–H groups in total. The molecule has 0 spiro atoms. The molecule has 1 aromatic carbocycles. The van der Waals surface area contributed by atoms with E-state index in [0.717, 1.165) is 25.0 Å². The summed E-state index contributed by atoms with van der Waals surface area (Å²) < 4.78 is 5.45. The van der Waals surface area contributed by atoms with Crippen molar-refractivity contribution in [3.8, 4) is 6.07 Å². The van der Waals surface area contributed by atoms with Crippen LogP contribution in [0.25, 0.3) is 0 Å². The van der Waals surface area contributed by atoms with E-state index in [0.29, 0.717) is 12.2 Å². The number of benzene rings is 1. The summed E-state index contributed by atoms with van der Waals surface area (Å²) >= 11 is 0. The Balaban J connectivity index is 2.39. The van der Waals surface area contributed by atoms with Gasteiger partial charge in [0.15, 0.2) is 0 Å². The second-order valence-corrected chi connectivity index (χ2v) is 3.22. The number of rotatable bonds is 5. The van der Waals surface area contributed by atoms with Crippen LogP contribution in [0.5, 0.6) is 0 Å². The van der Waals surface area contributed by atoms with Crippen molar-refractivity contribution >= 4 is 0 Å². The van der Waals surface area contributed by atoms with Crippen molar-refractivity contribution < 1.29 is 4.74 Å². The van der Waals surface area contributed by atoms with Gasteiger partial charge in [-0.25, -0.2) is 0 Å². The molecule has 0 bridgehead atoms. The SMILES string of the molecule is CCCCOCc1cccc(C#N)c1. The Kier molecular flexibility index (Phi) is 4.74. The Labute approximate surface area is 85.1 Å². The second kappa shape index (κ2) is 6.17.